The van der Waals surface area contributed by atoms with Crippen LogP contribution in [0.1, 0.15) is 35.9 Å². The zero-order valence-corrected chi connectivity index (χ0v) is 17.8. The second-order valence-corrected chi connectivity index (χ2v) is 7.65. The summed E-state index contributed by atoms with van der Waals surface area (Å²) in [5.41, 5.74) is 6.11. The van der Waals surface area contributed by atoms with Crippen LogP contribution in [0.2, 0.25) is 10.0 Å². The van der Waals surface area contributed by atoms with Gasteiger partial charge < -0.3 is 15.8 Å². The first kappa shape index (κ1) is 18.0. The predicted molar refractivity (Wildman–Crippen MR) is 117 cm³/mol. The maximum atomic E-state index is 14.0. The third-order valence-corrected chi connectivity index (χ3v) is 5.48. The first-order chi connectivity index (χ1) is 16.8. The van der Waals surface area contributed by atoms with Crippen LogP contribution < -0.4 is 15.8 Å². The van der Waals surface area contributed by atoms with Gasteiger partial charge in [-0.15, -0.1) is 0 Å². The topological polar surface area (TPSA) is 78.0 Å². The van der Waals surface area contributed by atoms with E-state index in [-0.39, 0.29) is 29.7 Å². The van der Waals surface area contributed by atoms with Gasteiger partial charge >= 0.3 is 0 Å². The number of hydrogen-bond acceptors (Lipinski definition) is 5. The molecule has 170 valence electrons. The third-order valence-electron chi connectivity index (χ3n) is 4.77. The van der Waals surface area contributed by atoms with E-state index in [0.717, 1.165) is 12.1 Å². The van der Waals surface area contributed by atoms with Crippen molar-refractivity contribution in [1.29, 1.82) is 0 Å². The maximum absolute atomic E-state index is 14.0. The average molecular weight is 490 g/mol. The molecule has 2 aromatic heterocycles. The van der Waals surface area contributed by atoms with E-state index in [4.69, 9.17) is 39.2 Å². The molecule has 1 unspecified atom stereocenters. The minimum absolute atomic E-state index is 0.0615. The van der Waals surface area contributed by atoms with Crippen molar-refractivity contribution >= 4 is 29.0 Å². The van der Waals surface area contributed by atoms with Crippen LogP contribution in [-0.2, 0) is 0 Å². The van der Waals surface area contributed by atoms with E-state index < -0.39 is 47.7 Å². The van der Waals surface area contributed by atoms with Crippen LogP contribution in [0.15, 0.2) is 36.8 Å². The molecular formula is C21H20Cl2F3N5O. The fourth-order valence-electron chi connectivity index (χ4n) is 3.17. The number of rotatable bonds is 6. The van der Waals surface area contributed by atoms with Gasteiger partial charge in [0.25, 0.3) is 6.43 Å². The summed E-state index contributed by atoms with van der Waals surface area (Å²) in [7, 11) is 0. The van der Waals surface area contributed by atoms with E-state index in [2.05, 4.69) is 15.4 Å². The molecule has 0 spiro atoms. The van der Waals surface area contributed by atoms with Crippen molar-refractivity contribution in [3.63, 3.8) is 0 Å². The molecule has 1 saturated heterocycles. The van der Waals surface area contributed by atoms with E-state index >= 15 is 0 Å². The Bertz CT molecular complexity index is 1260. The van der Waals surface area contributed by atoms with Gasteiger partial charge in [0.05, 0.1) is 17.3 Å². The number of ether oxygens (including phenoxy) is 1. The summed E-state index contributed by atoms with van der Waals surface area (Å²) in [6.07, 6.45) is -4.98. The number of piperidine rings is 1. The fraction of sp³-hybridized carbons (Fsp3) is 0.333. The van der Waals surface area contributed by atoms with E-state index in [1.165, 1.54) is 29.3 Å². The molecule has 3 N–H and O–H groups in total. The Morgan fingerprint density at radius 3 is 2.69 bits per heavy atom. The number of hydrogen-bond donors (Lipinski definition) is 2. The number of alkyl halides is 2. The fourth-order valence-corrected chi connectivity index (χ4v) is 3.76. The Morgan fingerprint density at radius 1 is 1.22 bits per heavy atom. The van der Waals surface area contributed by atoms with Crippen molar-refractivity contribution in [1.82, 2.24) is 20.1 Å². The van der Waals surface area contributed by atoms with Crippen LogP contribution >= 0.6 is 23.2 Å². The molecule has 0 aliphatic carbocycles. The highest BCUT2D eigenvalue weighted by molar-refractivity contribution is 6.36. The number of halogens is 5. The molecule has 1 fully saturated rings. The third kappa shape index (κ3) is 4.65. The number of anilines is 1. The van der Waals surface area contributed by atoms with Crippen molar-refractivity contribution in [3.8, 4) is 16.9 Å². The van der Waals surface area contributed by atoms with Gasteiger partial charge in [0, 0.05) is 39.6 Å². The van der Waals surface area contributed by atoms with Crippen LogP contribution in [0, 0.1) is 5.82 Å². The summed E-state index contributed by atoms with van der Waals surface area (Å²) >= 11 is 11.9. The van der Waals surface area contributed by atoms with Crippen LogP contribution in [0.5, 0.6) is 5.75 Å². The Hall–Kier alpha value is -2.49. The number of benzene rings is 1. The van der Waals surface area contributed by atoms with Gasteiger partial charge in [0.15, 0.2) is 17.7 Å². The van der Waals surface area contributed by atoms with Gasteiger partial charge in [-0.1, -0.05) is 23.2 Å². The lowest BCUT2D eigenvalue weighted by atomic mass is 10.1. The molecule has 3 heterocycles. The Labute approximate surface area is 198 Å². The lowest BCUT2D eigenvalue weighted by molar-refractivity contribution is 0.0107. The molecule has 1 aliphatic heterocycles. The normalized spacial score (nSPS) is 20.8. The van der Waals surface area contributed by atoms with Crippen LogP contribution in [-0.4, -0.2) is 34.3 Å². The van der Waals surface area contributed by atoms with Gasteiger partial charge in [-0.25, -0.2) is 18.2 Å². The maximum Gasteiger partial charge on any atom is 0.279 e. The molecule has 1 aromatic carbocycles. The monoisotopic (exact) mass is 489 g/mol. The molecule has 0 radical (unpaired) electrons. The Balaban J connectivity index is 1.69. The lowest BCUT2D eigenvalue weighted by Gasteiger charge is -2.22. The standard InChI is InChI=1S/C21H20Cl2F3N5O/c22-14-1-2-15(24)18(23)17(14)19(20(25)26)32-16-7-11(8-29-21(16)27)12-9-30-31(10-12)13-3-5-28-6-4-13/h1-2,7-10,13,19-20,28H,3-6H2,(H2,27,29)/i3D2,4D2. The van der Waals surface area contributed by atoms with Crippen molar-refractivity contribution in [2.45, 2.75) is 31.3 Å². The second kappa shape index (κ2) is 9.56. The molecule has 0 bridgehead atoms. The summed E-state index contributed by atoms with van der Waals surface area (Å²) in [5, 5.41) is 6.05. The minimum Gasteiger partial charge on any atom is -0.476 e. The summed E-state index contributed by atoms with van der Waals surface area (Å²) in [6, 6.07) is 2.11. The predicted octanol–water partition coefficient (Wildman–Crippen LogP) is 5.28. The zero-order chi connectivity index (χ0) is 26.4. The SMILES string of the molecule is [2H]C1([2H])CNCC([2H])([2H])C1n1cc(-c2cnc(N)c(OC(c3c(Cl)ccc(F)c3Cl)C(F)F)c2)cn1. The van der Waals surface area contributed by atoms with Gasteiger partial charge in [0.1, 0.15) is 5.82 Å². The summed E-state index contributed by atoms with van der Waals surface area (Å²) in [6.45, 7) is -0.123. The van der Waals surface area contributed by atoms with Gasteiger partial charge in [-0.3, -0.25) is 4.68 Å². The van der Waals surface area contributed by atoms with Crippen molar-refractivity contribution in [2.75, 3.05) is 18.8 Å². The quantitative estimate of drug-likeness (QED) is 0.460. The molecule has 0 amide bonds. The average Bonchev–Trinajstić information content (AvgIpc) is 3.24. The van der Waals surface area contributed by atoms with Crippen molar-refractivity contribution < 1.29 is 23.4 Å². The van der Waals surface area contributed by atoms with Crippen LogP contribution in [0.25, 0.3) is 11.1 Å². The summed E-state index contributed by atoms with van der Waals surface area (Å²) in [4.78, 5) is 3.98. The summed E-state index contributed by atoms with van der Waals surface area (Å²) in [5.74, 6) is -1.43. The zero-order valence-electron chi connectivity index (χ0n) is 20.3. The minimum atomic E-state index is -3.16. The second-order valence-electron chi connectivity index (χ2n) is 6.86. The number of nitrogen functional groups attached to an aromatic ring is 1. The van der Waals surface area contributed by atoms with Gasteiger partial charge in [-0.05, 0) is 44.0 Å². The number of nitrogens with zero attached hydrogens (tertiary/aromatic N) is 3. The highest BCUT2D eigenvalue weighted by atomic mass is 35.5. The molecule has 32 heavy (non-hydrogen) atoms. The molecule has 1 atom stereocenters. The van der Waals surface area contributed by atoms with E-state index in [9.17, 15) is 13.2 Å². The largest absolute Gasteiger partial charge is 0.476 e. The molecule has 3 aromatic rings. The molecule has 0 saturated carbocycles. The van der Waals surface area contributed by atoms with Gasteiger partial charge in [-0.2, -0.15) is 5.10 Å². The van der Waals surface area contributed by atoms with Crippen molar-refractivity contribution in [3.05, 3.63) is 58.2 Å². The molecule has 6 nitrogen and oxygen atoms in total. The molecule has 1 aliphatic rings. The summed E-state index contributed by atoms with van der Waals surface area (Å²) < 4.78 is 81.4. The Kier molecular flexibility index (Phi) is 5.38. The highest BCUT2D eigenvalue weighted by Gasteiger charge is 2.31. The number of aromatic nitrogens is 3. The number of nitrogens with one attached hydrogen (secondary N) is 1. The van der Waals surface area contributed by atoms with E-state index in [0.29, 0.717) is 11.1 Å². The smallest absolute Gasteiger partial charge is 0.279 e. The highest BCUT2D eigenvalue weighted by Crippen LogP contribution is 2.39. The first-order valence-corrected chi connectivity index (χ1v) is 10.2. The van der Waals surface area contributed by atoms with Crippen molar-refractivity contribution in [2.24, 2.45) is 0 Å². The van der Waals surface area contributed by atoms with Gasteiger partial charge in [0.2, 0.25) is 0 Å². The van der Waals surface area contributed by atoms with Crippen LogP contribution in [0.3, 0.4) is 0 Å². The Morgan fingerprint density at radius 2 is 1.97 bits per heavy atom. The molecule has 4 rings (SSSR count). The number of pyridine rings is 1. The van der Waals surface area contributed by atoms with E-state index in [1.54, 1.807) is 0 Å². The molecular weight excluding hydrogens is 466 g/mol. The first-order valence-electron chi connectivity index (χ1n) is 11.4. The number of nitrogens with two attached hydrogens (primary N) is 1. The van der Waals surface area contributed by atoms with Crippen LogP contribution in [0.4, 0.5) is 19.0 Å². The van der Waals surface area contributed by atoms with E-state index in [1.807, 2.05) is 0 Å². The lowest BCUT2D eigenvalue weighted by Crippen LogP contribution is -2.29. The molecule has 11 heteroatoms.